The number of piperazine rings is 1. The lowest BCUT2D eigenvalue weighted by molar-refractivity contribution is -0.138. The molecule has 5 nitrogen and oxygen atoms in total. The number of amides is 1. The Bertz CT molecular complexity index is 1170. The minimum atomic E-state index is -4.49. The van der Waals surface area contributed by atoms with E-state index in [1.165, 1.54) is 30.3 Å². The van der Waals surface area contributed by atoms with E-state index in [1.54, 1.807) is 15.9 Å². The Hall–Kier alpha value is -3.76. The van der Waals surface area contributed by atoms with Crippen molar-refractivity contribution in [3.63, 3.8) is 0 Å². The van der Waals surface area contributed by atoms with Crippen molar-refractivity contribution in [1.29, 1.82) is 0 Å². The van der Waals surface area contributed by atoms with E-state index in [0.717, 1.165) is 24.3 Å². The van der Waals surface area contributed by atoms with Crippen LogP contribution >= 0.6 is 0 Å². The molecule has 0 spiro atoms. The third-order valence-corrected chi connectivity index (χ3v) is 5.49. The summed E-state index contributed by atoms with van der Waals surface area (Å²) in [6, 6.07) is 13.1. The van der Waals surface area contributed by atoms with Gasteiger partial charge in [-0.1, -0.05) is 6.07 Å². The van der Waals surface area contributed by atoms with Crippen molar-refractivity contribution < 1.29 is 35.9 Å². The van der Waals surface area contributed by atoms with Crippen LogP contribution in [0.3, 0.4) is 0 Å². The molecule has 4 rings (SSSR count). The number of nitrogens with zero attached hydrogens (tertiary/aromatic N) is 3. The first-order chi connectivity index (χ1) is 16.5. The zero-order valence-corrected chi connectivity index (χ0v) is 18.1. The number of benzene rings is 2. The van der Waals surface area contributed by atoms with Gasteiger partial charge in [-0.25, -0.2) is 4.98 Å². The molecule has 1 saturated heterocycles. The van der Waals surface area contributed by atoms with E-state index in [1.807, 2.05) is 0 Å². The molecule has 0 radical (unpaired) electrons. The third kappa shape index (κ3) is 5.84. The summed E-state index contributed by atoms with van der Waals surface area (Å²) in [6.45, 7) is 1.44. The molecule has 1 aliphatic heterocycles. The van der Waals surface area contributed by atoms with Crippen LogP contribution in [0.2, 0.25) is 0 Å². The van der Waals surface area contributed by atoms with Crippen LogP contribution in [0.15, 0.2) is 66.9 Å². The predicted octanol–water partition coefficient (Wildman–Crippen LogP) is 5.87. The van der Waals surface area contributed by atoms with E-state index in [4.69, 9.17) is 4.74 Å². The molecule has 0 atom stereocenters. The number of rotatable bonds is 4. The number of carbonyl (C=O) groups is 1. The lowest BCUT2D eigenvalue weighted by Crippen LogP contribution is -2.48. The molecule has 184 valence electrons. The Morgan fingerprint density at radius 3 is 2.03 bits per heavy atom. The van der Waals surface area contributed by atoms with Crippen molar-refractivity contribution in [2.24, 2.45) is 0 Å². The summed E-state index contributed by atoms with van der Waals surface area (Å²) in [7, 11) is 0. The van der Waals surface area contributed by atoms with Gasteiger partial charge in [-0.2, -0.15) is 26.3 Å². The number of halogens is 6. The van der Waals surface area contributed by atoms with Gasteiger partial charge in [0, 0.05) is 49.7 Å². The van der Waals surface area contributed by atoms with Crippen molar-refractivity contribution in [3.8, 4) is 11.6 Å². The van der Waals surface area contributed by atoms with Gasteiger partial charge in [0.05, 0.1) is 11.1 Å². The van der Waals surface area contributed by atoms with Crippen LogP contribution in [0.4, 0.5) is 32.0 Å². The Balaban J connectivity index is 1.34. The predicted molar refractivity (Wildman–Crippen MR) is 115 cm³/mol. The Labute approximate surface area is 196 Å². The summed E-state index contributed by atoms with van der Waals surface area (Å²) < 4.78 is 82.2. The molecule has 2 heterocycles. The third-order valence-electron chi connectivity index (χ3n) is 5.49. The van der Waals surface area contributed by atoms with Gasteiger partial charge in [0.15, 0.2) is 0 Å². The highest BCUT2D eigenvalue weighted by atomic mass is 19.4. The number of ether oxygens (including phenoxy) is 1. The fraction of sp³-hybridized carbons (Fsp3) is 0.250. The first kappa shape index (κ1) is 24.4. The van der Waals surface area contributed by atoms with Crippen LogP contribution in [0.25, 0.3) is 0 Å². The Morgan fingerprint density at radius 1 is 0.800 bits per heavy atom. The molecule has 3 aromatic rings. The standard InChI is InChI=1S/C24H19F6N3O2/c25-23(26,27)17-2-1-3-19(14-17)32-10-12-33(13-11-32)22(34)16-4-7-20(8-5-16)35-21-9-6-18(15-31-21)24(28,29)30/h1-9,14-15H,10-13H2. The highest BCUT2D eigenvalue weighted by molar-refractivity contribution is 5.94. The zero-order valence-electron chi connectivity index (χ0n) is 18.1. The average molecular weight is 495 g/mol. The van der Waals surface area contributed by atoms with Gasteiger partial charge < -0.3 is 14.5 Å². The number of hydrogen-bond acceptors (Lipinski definition) is 4. The van der Waals surface area contributed by atoms with E-state index in [9.17, 15) is 31.1 Å². The van der Waals surface area contributed by atoms with Crippen molar-refractivity contribution in [1.82, 2.24) is 9.88 Å². The highest BCUT2D eigenvalue weighted by Crippen LogP contribution is 2.32. The SMILES string of the molecule is O=C(c1ccc(Oc2ccc(C(F)(F)F)cn2)cc1)N1CCN(c2cccc(C(F)(F)F)c2)CC1. The second-order valence-corrected chi connectivity index (χ2v) is 7.84. The molecule has 35 heavy (non-hydrogen) atoms. The normalized spacial score (nSPS) is 14.7. The highest BCUT2D eigenvalue weighted by Gasteiger charge is 2.32. The summed E-state index contributed by atoms with van der Waals surface area (Å²) in [4.78, 5) is 19.9. The lowest BCUT2D eigenvalue weighted by atomic mass is 10.1. The molecule has 0 bridgehead atoms. The monoisotopic (exact) mass is 495 g/mol. The number of alkyl halides is 6. The maximum atomic E-state index is 13.0. The number of anilines is 1. The molecule has 1 amide bonds. The number of pyridine rings is 1. The second-order valence-electron chi connectivity index (χ2n) is 7.84. The summed E-state index contributed by atoms with van der Waals surface area (Å²) in [5, 5.41) is 0. The van der Waals surface area contributed by atoms with Crippen LogP contribution in [0.1, 0.15) is 21.5 Å². The number of hydrogen-bond donors (Lipinski definition) is 0. The summed E-state index contributed by atoms with van der Waals surface area (Å²) in [5.41, 5.74) is -0.781. The molecule has 0 aliphatic carbocycles. The molecule has 0 N–H and O–H groups in total. The van der Waals surface area contributed by atoms with Crippen LogP contribution in [0.5, 0.6) is 11.6 Å². The van der Waals surface area contributed by atoms with Crippen LogP contribution in [-0.2, 0) is 12.4 Å². The quantitative estimate of drug-likeness (QED) is 0.425. The smallest absolute Gasteiger partial charge is 0.417 e. The maximum absolute atomic E-state index is 13.0. The van der Waals surface area contributed by atoms with Gasteiger partial charge >= 0.3 is 12.4 Å². The zero-order chi connectivity index (χ0) is 25.2. The van der Waals surface area contributed by atoms with Gasteiger partial charge in [0.2, 0.25) is 5.88 Å². The van der Waals surface area contributed by atoms with E-state index in [-0.39, 0.29) is 11.8 Å². The molecule has 1 aromatic heterocycles. The fourth-order valence-electron chi connectivity index (χ4n) is 3.62. The minimum Gasteiger partial charge on any atom is -0.439 e. The van der Waals surface area contributed by atoms with E-state index in [0.29, 0.717) is 49.4 Å². The summed E-state index contributed by atoms with van der Waals surface area (Å²) in [6.07, 6.45) is -8.25. The van der Waals surface area contributed by atoms with Crippen molar-refractivity contribution in [3.05, 3.63) is 83.6 Å². The number of carbonyl (C=O) groups excluding carboxylic acids is 1. The van der Waals surface area contributed by atoms with E-state index >= 15 is 0 Å². The Morgan fingerprint density at radius 2 is 1.46 bits per heavy atom. The van der Waals surface area contributed by atoms with Gasteiger partial charge in [-0.15, -0.1) is 0 Å². The van der Waals surface area contributed by atoms with Gasteiger partial charge in [0.25, 0.3) is 5.91 Å². The van der Waals surface area contributed by atoms with Crippen molar-refractivity contribution in [2.75, 3.05) is 31.1 Å². The van der Waals surface area contributed by atoms with Crippen LogP contribution in [0, 0.1) is 0 Å². The maximum Gasteiger partial charge on any atom is 0.417 e. The van der Waals surface area contributed by atoms with Crippen molar-refractivity contribution in [2.45, 2.75) is 12.4 Å². The molecular formula is C24H19F6N3O2. The van der Waals surface area contributed by atoms with Gasteiger partial charge in [-0.3, -0.25) is 4.79 Å². The fourth-order valence-corrected chi connectivity index (χ4v) is 3.62. The minimum absolute atomic E-state index is 0.0252. The van der Waals surface area contributed by atoms with Crippen molar-refractivity contribution >= 4 is 11.6 Å². The van der Waals surface area contributed by atoms with Crippen LogP contribution < -0.4 is 9.64 Å². The summed E-state index contributed by atoms with van der Waals surface area (Å²) in [5.74, 6) is 0.0267. The molecule has 2 aromatic carbocycles. The van der Waals surface area contributed by atoms with Gasteiger partial charge in [-0.05, 0) is 48.5 Å². The van der Waals surface area contributed by atoms with Gasteiger partial charge in [0.1, 0.15) is 5.75 Å². The van der Waals surface area contributed by atoms with Crippen LogP contribution in [-0.4, -0.2) is 42.0 Å². The van der Waals surface area contributed by atoms with E-state index < -0.39 is 23.5 Å². The molecule has 0 unspecified atom stereocenters. The molecular weight excluding hydrogens is 476 g/mol. The largest absolute Gasteiger partial charge is 0.439 e. The van der Waals surface area contributed by atoms with E-state index in [2.05, 4.69) is 4.98 Å². The molecule has 1 aliphatic rings. The summed E-state index contributed by atoms with van der Waals surface area (Å²) >= 11 is 0. The first-order valence-corrected chi connectivity index (χ1v) is 10.5. The topological polar surface area (TPSA) is 45.7 Å². The average Bonchev–Trinajstić information content (AvgIpc) is 2.83. The molecule has 11 heteroatoms. The number of aromatic nitrogens is 1. The second kappa shape index (κ2) is 9.47. The molecule has 0 saturated carbocycles. The lowest BCUT2D eigenvalue weighted by Gasteiger charge is -2.36. The first-order valence-electron chi connectivity index (χ1n) is 10.5. The Kier molecular flexibility index (Phi) is 6.60. The molecule has 1 fully saturated rings.